The molecule has 0 bridgehead atoms. The molecule has 1 saturated heterocycles. The van der Waals surface area contributed by atoms with Crippen molar-refractivity contribution in [1.82, 2.24) is 4.90 Å². The van der Waals surface area contributed by atoms with Gasteiger partial charge in [0.15, 0.2) is 0 Å². The van der Waals surface area contributed by atoms with Gasteiger partial charge >= 0.3 is 0 Å². The zero-order valence-corrected chi connectivity index (χ0v) is 11.5. The maximum absolute atomic E-state index is 12.3. The molecule has 19 heavy (non-hydrogen) atoms. The van der Waals surface area contributed by atoms with E-state index in [-0.39, 0.29) is 5.91 Å². The Labute approximate surface area is 115 Å². The molecule has 2 heterocycles. The second kappa shape index (κ2) is 5.74. The first-order valence-electron chi connectivity index (χ1n) is 7.45. The molecule has 2 aliphatic rings. The molecule has 0 aromatic heterocycles. The molecule has 0 atom stereocenters. The Bertz CT molecular complexity index is 452. The number of fused-ring (bicyclic) bond motifs is 1. The highest BCUT2D eigenvalue weighted by Gasteiger charge is 2.24. The Morgan fingerprint density at radius 3 is 2.68 bits per heavy atom. The van der Waals surface area contributed by atoms with Gasteiger partial charge in [0, 0.05) is 25.2 Å². The van der Waals surface area contributed by atoms with E-state index in [1.165, 1.54) is 37.9 Å². The van der Waals surface area contributed by atoms with Crippen LogP contribution in [-0.2, 0) is 11.2 Å². The van der Waals surface area contributed by atoms with Crippen LogP contribution in [0.15, 0.2) is 24.3 Å². The van der Waals surface area contributed by atoms with E-state index in [1.807, 2.05) is 11.0 Å². The normalized spacial score (nSPS) is 19.5. The fourth-order valence-electron chi connectivity index (χ4n) is 3.17. The summed E-state index contributed by atoms with van der Waals surface area (Å²) in [5.74, 6) is 0.288. The summed E-state index contributed by atoms with van der Waals surface area (Å²) in [6.07, 6.45) is 5.60. The lowest BCUT2D eigenvalue weighted by Gasteiger charge is -2.27. The van der Waals surface area contributed by atoms with Gasteiger partial charge < -0.3 is 9.80 Å². The zero-order chi connectivity index (χ0) is 13.1. The van der Waals surface area contributed by atoms with Crippen molar-refractivity contribution >= 4 is 11.6 Å². The van der Waals surface area contributed by atoms with Gasteiger partial charge in [-0.2, -0.15) is 0 Å². The second-order valence-corrected chi connectivity index (χ2v) is 5.58. The minimum absolute atomic E-state index is 0.288. The molecule has 2 aliphatic heterocycles. The molecule has 0 aliphatic carbocycles. The lowest BCUT2D eigenvalue weighted by atomic mass is 10.1. The Hall–Kier alpha value is -1.35. The summed E-state index contributed by atoms with van der Waals surface area (Å²) < 4.78 is 0. The van der Waals surface area contributed by atoms with Crippen LogP contribution in [0.4, 0.5) is 5.69 Å². The fourth-order valence-corrected chi connectivity index (χ4v) is 3.17. The number of nitrogens with zero attached hydrogens (tertiary/aromatic N) is 2. The zero-order valence-electron chi connectivity index (χ0n) is 11.5. The first-order valence-corrected chi connectivity index (χ1v) is 7.45. The van der Waals surface area contributed by atoms with Crippen molar-refractivity contribution in [3.8, 4) is 0 Å². The Balaban J connectivity index is 1.56. The number of carbonyl (C=O) groups excluding carboxylic acids is 1. The van der Waals surface area contributed by atoms with Crippen LogP contribution in [0.3, 0.4) is 0 Å². The summed E-state index contributed by atoms with van der Waals surface area (Å²) >= 11 is 0. The van der Waals surface area contributed by atoms with E-state index in [0.717, 1.165) is 25.2 Å². The largest absolute Gasteiger partial charge is 0.312 e. The number of carbonyl (C=O) groups is 1. The number of amides is 1. The first kappa shape index (κ1) is 12.7. The van der Waals surface area contributed by atoms with Crippen molar-refractivity contribution in [2.45, 2.75) is 32.1 Å². The lowest BCUT2D eigenvalue weighted by molar-refractivity contribution is -0.118. The molecule has 0 saturated carbocycles. The predicted molar refractivity (Wildman–Crippen MR) is 77.4 cm³/mol. The van der Waals surface area contributed by atoms with Gasteiger partial charge in [0.25, 0.3) is 0 Å². The van der Waals surface area contributed by atoms with E-state index in [9.17, 15) is 4.79 Å². The Morgan fingerprint density at radius 1 is 1.05 bits per heavy atom. The van der Waals surface area contributed by atoms with Gasteiger partial charge in [-0.1, -0.05) is 24.6 Å². The van der Waals surface area contributed by atoms with Gasteiger partial charge in [0.2, 0.25) is 5.91 Å². The quantitative estimate of drug-likeness (QED) is 0.831. The molecule has 102 valence electrons. The van der Waals surface area contributed by atoms with Crippen LogP contribution >= 0.6 is 0 Å². The minimum atomic E-state index is 0.288. The van der Waals surface area contributed by atoms with Crippen molar-refractivity contribution in [3.63, 3.8) is 0 Å². The number of hydrogen-bond donors (Lipinski definition) is 0. The standard InChI is InChI=1S/C16H22N2O/c19-16(9-12-17-10-4-1-5-11-17)18-13-8-14-6-2-3-7-15(14)18/h2-3,6-7H,1,4-5,8-13H2. The van der Waals surface area contributed by atoms with Crippen molar-refractivity contribution < 1.29 is 4.79 Å². The third-order valence-electron chi connectivity index (χ3n) is 4.28. The molecule has 1 aromatic carbocycles. The van der Waals surface area contributed by atoms with Crippen molar-refractivity contribution in [1.29, 1.82) is 0 Å². The van der Waals surface area contributed by atoms with E-state index in [1.54, 1.807) is 0 Å². The summed E-state index contributed by atoms with van der Waals surface area (Å²) in [6, 6.07) is 8.28. The molecule has 3 heteroatoms. The number of likely N-dealkylation sites (tertiary alicyclic amines) is 1. The molecule has 3 nitrogen and oxygen atoms in total. The molecule has 3 rings (SSSR count). The average molecular weight is 258 g/mol. The number of para-hydroxylation sites is 1. The maximum Gasteiger partial charge on any atom is 0.228 e. The number of hydrogen-bond acceptors (Lipinski definition) is 2. The topological polar surface area (TPSA) is 23.6 Å². The van der Waals surface area contributed by atoms with Gasteiger partial charge in [-0.25, -0.2) is 0 Å². The maximum atomic E-state index is 12.3. The van der Waals surface area contributed by atoms with E-state index in [2.05, 4.69) is 23.1 Å². The SMILES string of the molecule is O=C(CCN1CCCCC1)N1CCc2ccccc21. The smallest absolute Gasteiger partial charge is 0.228 e. The summed E-state index contributed by atoms with van der Waals surface area (Å²) in [6.45, 7) is 4.13. The predicted octanol–water partition coefficient (Wildman–Crippen LogP) is 2.45. The van der Waals surface area contributed by atoms with Crippen molar-refractivity contribution in [2.75, 3.05) is 31.1 Å². The summed E-state index contributed by atoms with van der Waals surface area (Å²) in [5, 5.41) is 0. The molecule has 0 N–H and O–H groups in total. The molecule has 0 radical (unpaired) electrons. The number of piperidine rings is 1. The molecule has 0 unspecified atom stereocenters. The highest BCUT2D eigenvalue weighted by atomic mass is 16.2. The average Bonchev–Trinajstić information content (AvgIpc) is 2.90. The van der Waals surface area contributed by atoms with Crippen LogP contribution in [0.5, 0.6) is 0 Å². The summed E-state index contributed by atoms with van der Waals surface area (Å²) in [7, 11) is 0. The third-order valence-corrected chi connectivity index (χ3v) is 4.28. The second-order valence-electron chi connectivity index (χ2n) is 5.58. The molecule has 1 amide bonds. The van der Waals surface area contributed by atoms with Crippen LogP contribution in [-0.4, -0.2) is 37.0 Å². The number of rotatable bonds is 3. The monoisotopic (exact) mass is 258 g/mol. The van der Waals surface area contributed by atoms with Crippen LogP contribution in [0.1, 0.15) is 31.2 Å². The molecule has 1 fully saturated rings. The summed E-state index contributed by atoms with van der Waals surface area (Å²) in [4.78, 5) is 16.8. The van der Waals surface area contributed by atoms with Crippen LogP contribution in [0.2, 0.25) is 0 Å². The van der Waals surface area contributed by atoms with Crippen LogP contribution in [0, 0.1) is 0 Å². The van der Waals surface area contributed by atoms with Gasteiger partial charge in [0.05, 0.1) is 0 Å². The fraction of sp³-hybridized carbons (Fsp3) is 0.562. The van der Waals surface area contributed by atoms with Gasteiger partial charge in [-0.3, -0.25) is 4.79 Å². The van der Waals surface area contributed by atoms with Crippen LogP contribution < -0.4 is 4.90 Å². The molecular formula is C16H22N2O. The summed E-state index contributed by atoms with van der Waals surface area (Å²) in [5.41, 5.74) is 2.44. The van der Waals surface area contributed by atoms with E-state index in [4.69, 9.17) is 0 Å². The lowest BCUT2D eigenvalue weighted by Crippen LogP contribution is -2.35. The van der Waals surface area contributed by atoms with Crippen molar-refractivity contribution in [2.24, 2.45) is 0 Å². The number of benzene rings is 1. The van der Waals surface area contributed by atoms with Gasteiger partial charge in [-0.05, 0) is 44.0 Å². The van der Waals surface area contributed by atoms with E-state index >= 15 is 0 Å². The minimum Gasteiger partial charge on any atom is -0.312 e. The first-order chi connectivity index (χ1) is 9.34. The van der Waals surface area contributed by atoms with E-state index in [0.29, 0.717) is 6.42 Å². The molecular weight excluding hydrogens is 236 g/mol. The van der Waals surface area contributed by atoms with Gasteiger partial charge in [0.1, 0.15) is 0 Å². The highest BCUT2D eigenvalue weighted by Crippen LogP contribution is 2.27. The number of anilines is 1. The van der Waals surface area contributed by atoms with Crippen LogP contribution in [0.25, 0.3) is 0 Å². The van der Waals surface area contributed by atoms with Gasteiger partial charge in [-0.15, -0.1) is 0 Å². The third kappa shape index (κ3) is 2.81. The molecule has 0 spiro atoms. The highest BCUT2D eigenvalue weighted by molar-refractivity contribution is 5.95. The van der Waals surface area contributed by atoms with E-state index < -0.39 is 0 Å². The van der Waals surface area contributed by atoms with Crippen molar-refractivity contribution in [3.05, 3.63) is 29.8 Å². The molecule has 1 aromatic rings. The Morgan fingerprint density at radius 2 is 1.84 bits per heavy atom. The Kier molecular flexibility index (Phi) is 3.83.